The monoisotopic (exact) mass is 398 g/mol. The van der Waals surface area contributed by atoms with Gasteiger partial charge in [0.15, 0.2) is 0 Å². The molecule has 3 rings (SSSR count). The molecule has 0 saturated carbocycles. The maximum absolute atomic E-state index is 12.2. The Morgan fingerprint density at radius 1 is 1.19 bits per heavy atom. The molecule has 138 valence electrons. The minimum Gasteiger partial charge on any atom is -0.492 e. The first-order valence-corrected chi connectivity index (χ1v) is 10.2. The van der Waals surface area contributed by atoms with Crippen LogP contribution in [0.1, 0.15) is 12.5 Å². The molecule has 2 amide bonds. The zero-order chi connectivity index (χ0) is 19.1. The molecule has 5 nitrogen and oxygen atoms in total. The number of hydrogen-bond acceptors (Lipinski definition) is 5. The summed E-state index contributed by atoms with van der Waals surface area (Å²) in [5.41, 5.74) is 1.58. The molecule has 7 heteroatoms. The molecule has 27 heavy (non-hydrogen) atoms. The number of benzene rings is 2. The molecule has 1 heterocycles. The maximum Gasteiger partial charge on any atom is 0.285 e. The molecule has 2 aromatic rings. The predicted molar refractivity (Wildman–Crippen MR) is 113 cm³/mol. The fourth-order valence-corrected chi connectivity index (χ4v) is 4.12. The number of anilines is 1. The van der Waals surface area contributed by atoms with Crippen molar-refractivity contribution in [2.45, 2.75) is 6.92 Å². The number of aliphatic imine (C=N–C) groups is 1. The summed E-state index contributed by atoms with van der Waals surface area (Å²) in [6, 6.07) is 16.9. The molecule has 1 aliphatic heterocycles. The van der Waals surface area contributed by atoms with Crippen molar-refractivity contribution in [3.05, 3.63) is 65.1 Å². The van der Waals surface area contributed by atoms with Crippen molar-refractivity contribution in [2.24, 2.45) is 4.99 Å². The molecular formula is C20H18N2O3S2. The topological polar surface area (TPSA) is 67.8 Å². The van der Waals surface area contributed by atoms with Gasteiger partial charge in [-0.25, -0.2) is 0 Å². The second-order valence-electron chi connectivity index (χ2n) is 5.47. The van der Waals surface area contributed by atoms with Gasteiger partial charge in [0.05, 0.1) is 23.0 Å². The van der Waals surface area contributed by atoms with E-state index >= 15 is 0 Å². The number of para-hydroxylation sites is 2. The zero-order valence-electron chi connectivity index (χ0n) is 14.7. The largest absolute Gasteiger partial charge is 0.492 e. The van der Waals surface area contributed by atoms with Crippen LogP contribution in [-0.2, 0) is 9.59 Å². The number of carbonyl (C=O) groups is 2. The average Bonchev–Trinajstić information content (AvgIpc) is 3.02. The lowest BCUT2D eigenvalue weighted by molar-refractivity contribution is -0.114. The van der Waals surface area contributed by atoms with E-state index in [-0.39, 0.29) is 17.6 Å². The van der Waals surface area contributed by atoms with Crippen LogP contribution in [-0.4, -0.2) is 28.5 Å². The van der Waals surface area contributed by atoms with Gasteiger partial charge in [-0.1, -0.05) is 66.0 Å². The van der Waals surface area contributed by atoms with Gasteiger partial charge in [-0.2, -0.15) is 4.99 Å². The standard InChI is InChI=1S/C20H18N2O3S2/c1-2-25-16-11-7-6-10-15(16)21-18(23)13-26-20-22-19(24)17(27-20)12-14-8-4-3-5-9-14/h3-12H,2,13H2,1H3,(H,21,23). The van der Waals surface area contributed by atoms with Crippen molar-refractivity contribution in [1.82, 2.24) is 0 Å². The van der Waals surface area contributed by atoms with E-state index in [0.29, 0.717) is 27.3 Å². The first-order chi connectivity index (χ1) is 13.2. The Hall–Kier alpha value is -2.51. The summed E-state index contributed by atoms with van der Waals surface area (Å²) in [5.74, 6) is 0.351. The van der Waals surface area contributed by atoms with E-state index in [1.165, 1.54) is 23.5 Å². The molecular weight excluding hydrogens is 380 g/mol. The molecule has 2 aromatic carbocycles. The fraction of sp³-hybridized carbons (Fsp3) is 0.150. The van der Waals surface area contributed by atoms with Crippen LogP contribution in [0.4, 0.5) is 5.69 Å². The molecule has 0 atom stereocenters. The fourth-order valence-electron chi connectivity index (χ4n) is 2.32. The van der Waals surface area contributed by atoms with Crippen LogP contribution in [0.3, 0.4) is 0 Å². The lowest BCUT2D eigenvalue weighted by Crippen LogP contribution is -2.15. The van der Waals surface area contributed by atoms with Crippen LogP contribution >= 0.6 is 23.5 Å². The summed E-state index contributed by atoms with van der Waals surface area (Å²) >= 11 is 2.54. The number of thioether (sulfide) groups is 2. The molecule has 0 spiro atoms. The Morgan fingerprint density at radius 2 is 1.93 bits per heavy atom. The van der Waals surface area contributed by atoms with Gasteiger partial charge < -0.3 is 10.1 Å². The molecule has 0 bridgehead atoms. The van der Waals surface area contributed by atoms with Crippen molar-refractivity contribution < 1.29 is 14.3 Å². The molecule has 0 aliphatic carbocycles. The lowest BCUT2D eigenvalue weighted by atomic mass is 10.2. The highest BCUT2D eigenvalue weighted by atomic mass is 32.2. The van der Waals surface area contributed by atoms with Gasteiger partial charge in [-0.05, 0) is 30.7 Å². The Morgan fingerprint density at radius 3 is 2.70 bits per heavy atom. The Balaban J connectivity index is 1.55. The van der Waals surface area contributed by atoms with Crippen LogP contribution in [0.5, 0.6) is 5.75 Å². The lowest BCUT2D eigenvalue weighted by Gasteiger charge is -2.10. The number of nitrogens with zero attached hydrogens (tertiary/aromatic N) is 1. The van der Waals surface area contributed by atoms with Crippen LogP contribution in [0.2, 0.25) is 0 Å². The van der Waals surface area contributed by atoms with Gasteiger partial charge in [0.1, 0.15) is 10.1 Å². The number of rotatable bonds is 6. The van der Waals surface area contributed by atoms with Crippen molar-refractivity contribution in [3.8, 4) is 5.75 Å². The zero-order valence-corrected chi connectivity index (χ0v) is 16.3. The van der Waals surface area contributed by atoms with E-state index < -0.39 is 0 Å². The summed E-state index contributed by atoms with van der Waals surface area (Å²) in [6.45, 7) is 2.41. The van der Waals surface area contributed by atoms with Crippen LogP contribution in [0.25, 0.3) is 6.08 Å². The van der Waals surface area contributed by atoms with Gasteiger partial charge in [-0.15, -0.1) is 0 Å². The number of carbonyl (C=O) groups excluding carboxylic acids is 2. The van der Waals surface area contributed by atoms with Crippen LogP contribution in [0, 0.1) is 0 Å². The van der Waals surface area contributed by atoms with Crippen LogP contribution < -0.4 is 10.1 Å². The number of hydrogen-bond donors (Lipinski definition) is 1. The first kappa shape index (κ1) is 19.3. The van der Waals surface area contributed by atoms with Gasteiger partial charge in [-0.3, -0.25) is 9.59 Å². The molecule has 0 aromatic heterocycles. The van der Waals surface area contributed by atoms with Gasteiger partial charge >= 0.3 is 0 Å². The minimum absolute atomic E-state index is 0.165. The second kappa shape index (κ2) is 9.43. The first-order valence-electron chi connectivity index (χ1n) is 8.38. The van der Waals surface area contributed by atoms with Gasteiger partial charge in [0, 0.05) is 0 Å². The highest BCUT2D eigenvalue weighted by Gasteiger charge is 2.23. The third-order valence-corrected chi connectivity index (χ3v) is 5.61. The van der Waals surface area contributed by atoms with E-state index in [9.17, 15) is 9.59 Å². The minimum atomic E-state index is -0.270. The third kappa shape index (κ3) is 5.48. The Labute approximate surface area is 166 Å². The SMILES string of the molecule is CCOc1ccccc1NC(=O)CSC1=NC(=O)C(=Cc2ccccc2)S1. The normalized spacial score (nSPS) is 14.9. The summed E-state index contributed by atoms with van der Waals surface area (Å²) in [4.78, 5) is 28.8. The average molecular weight is 399 g/mol. The predicted octanol–water partition coefficient (Wildman–Crippen LogP) is 4.43. The Kier molecular flexibility index (Phi) is 6.73. The van der Waals surface area contributed by atoms with E-state index in [2.05, 4.69) is 10.3 Å². The van der Waals surface area contributed by atoms with Gasteiger partial charge in [0.25, 0.3) is 5.91 Å². The van der Waals surface area contributed by atoms with E-state index in [1.807, 2.05) is 61.5 Å². The molecule has 0 fully saturated rings. The maximum atomic E-state index is 12.2. The number of amides is 2. The van der Waals surface area contributed by atoms with Gasteiger partial charge in [0.2, 0.25) is 5.91 Å². The molecule has 0 radical (unpaired) electrons. The second-order valence-corrected chi connectivity index (χ2v) is 7.72. The summed E-state index contributed by atoms with van der Waals surface area (Å²) < 4.78 is 6.08. The van der Waals surface area contributed by atoms with E-state index in [4.69, 9.17) is 4.74 Å². The highest BCUT2D eigenvalue weighted by molar-refractivity contribution is 8.41. The van der Waals surface area contributed by atoms with E-state index in [0.717, 1.165) is 5.56 Å². The van der Waals surface area contributed by atoms with Crippen molar-refractivity contribution >= 4 is 51.5 Å². The highest BCUT2D eigenvalue weighted by Crippen LogP contribution is 2.34. The smallest absolute Gasteiger partial charge is 0.285 e. The third-order valence-electron chi connectivity index (χ3n) is 3.49. The van der Waals surface area contributed by atoms with Crippen molar-refractivity contribution in [1.29, 1.82) is 0 Å². The van der Waals surface area contributed by atoms with E-state index in [1.54, 1.807) is 6.07 Å². The number of ether oxygens (including phenoxy) is 1. The molecule has 1 N–H and O–H groups in total. The van der Waals surface area contributed by atoms with Crippen molar-refractivity contribution in [2.75, 3.05) is 17.7 Å². The molecule has 0 unspecified atom stereocenters. The Bertz CT molecular complexity index is 895. The summed E-state index contributed by atoms with van der Waals surface area (Å²) in [5, 5.41) is 2.83. The van der Waals surface area contributed by atoms with Crippen LogP contribution in [0.15, 0.2) is 64.5 Å². The van der Waals surface area contributed by atoms with Crippen molar-refractivity contribution in [3.63, 3.8) is 0 Å². The summed E-state index contributed by atoms with van der Waals surface area (Å²) in [7, 11) is 0. The molecule has 1 aliphatic rings. The quantitative estimate of drug-likeness (QED) is 0.729. The number of nitrogens with one attached hydrogen (secondary N) is 1. The summed E-state index contributed by atoms with van der Waals surface area (Å²) in [6.07, 6.45) is 1.81. The molecule has 0 saturated heterocycles.